The van der Waals surface area contributed by atoms with Crippen molar-refractivity contribution >= 4 is 11.9 Å². The number of aliphatic carboxylic acids is 1. The number of hydrogen-bond acceptors (Lipinski definition) is 3. The molecule has 94 valence electrons. The lowest BCUT2D eigenvalue weighted by atomic mass is 9.91. The highest BCUT2D eigenvalue weighted by Crippen LogP contribution is 2.19. The number of carbonyl (C=O) groups excluding carboxylic acids is 1. The van der Waals surface area contributed by atoms with Gasteiger partial charge in [0.15, 0.2) is 0 Å². The quantitative estimate of drug-likeness (QED) is 0.703. The molecule has 0 saturated carbocycles. The standard InChI is InChI=1S/C11H22N2O3/c1-8(2)13(6-5-9(14)15)10(16)11(3,4)7-12/h8H,5-7,12H2,1-4H3,(H,14,15). The van der Waals surface area contributed by atoms with Crippen molar-refractivity contribution < 1.29 is 14.7 Å². The van der Waals surface area contributed by atoms with E-state index < -0.39 is 11.4 Å². The molecule has 0 aliphatic heterocycles. The second-order valence-electron chi connectivity index (χ2n) is 4.82. The van der Waals surface area contributed by atoms with Crippen molar-refractivity contribution in [3.05, 3.63) is 0 Å². The molecular weight excluding hydrogens is 208 g/mol. The molecule has 0 aliphatic rings. The maximum absolute atomic E-state index is 12.1. The predicted octanol–water partition coefficient (Wildman–Crippen LogP) is 0.683. The number of amides is 1. The van der Waals surface area contributed by atoms with E-state index >= 15 is 0 Å². The molecule has 3 N–H and O–H groups in total. The summed E-state index contributed by atoms with van der Waals surface area (Å²) in [6, 6.07) is -0.0160. The van der Waals surface area contributed by atoms with Crippen LogP contribution in [0.4, 0.5) is 0 Å². The van der Waals surface area contributed by atoms with Crippen molar-refractivity contribution in [2.45, 2.75) is 40.2 Å². The van der Waals surface area contributed by atoms with E-state index in [1.54, 1.807) is 18.7 Å². The van der Waals surface area contributed by atoms with Crippen molar-refractivity contribution in [3.63, 3.8) is 0 Å². The van der Waals surface area contributed by atoms with Gasteiger partial charge in [-0.1, -0.05) is 0 Å². The van der Waals surface area contributed by atoms with Crippen molar-refractivity contribution in [2.75, 3.05) is 13.1 Å². The molecule has 0 spiro atoms. The Balaban J connectivity index is 4.66. The zero-order valence-electron chi connectivity index (χ0n) is 10.5. The Bertz CT molecular complexity index is 262. The average Bonchev–Trinajstić information content (AvgIpc) is 2.16. The van der Waals surface area contributed by atoms with Crippen LogP contribution in [0.5, 0.6) is 0 Å². The molecule has 16 heavy (non-hydrogen) atoms. The Labute approximate surface area is 96.6 Å². The summed E-state index contributed by atoms with van der Waals surface area (Å²) in [4.78, 5) is 24.2. The fourth-order valence-corrected chi connectivity index (χ4v) is 1.29. The van der Waals surface area contributed by atoms with Gasteiger partial charge in [-0.25, -0.2) is 0 Å². The lowest BCUT2D eigenvalue weighted by molar-refractivity contribution is -0.143. The van der Waals surface area contributed by atoms with E-state index in [2.05, 4.69) is 0 Å². The van der Waals surface area contributed by atoms with Crippen LogP contribution in [-0.2, 0) is 9.59 Å². The van der Waals surface area contributed by atoms with Crippen LogP contribution in [0.15, 0.2) is 0 Å². The third-order valence-corrected chi connectivity index (χ3v) is 2.54. The molecule has 0 rings (SSSR count). The average molecular weight is 230 g/mol. The summed E-state index contributed by atoms with van der Waals surface area (Å²) in [5, 5.41) is 8.62. The number of carboxylic acid groups (broad SMARTS) is 1. The lowest BCUT2D eigenvalue weighted by Gasteiger charge is -2.33. The lowest BCUT2D eigenvalue weighted by Crippen LogP contribution is -2.48. The molecule has 0 fully saturated rings. The first-order chi connectivity index (χ1) is 7.22. The topological polar surface area (TPSA) is 83.6 Å². The number of carbonyl (C=O) groups is 2. The zero-order valence-corrected chi connectivity index (χ0v) is 10.5. The van der Waals surface area contributed by atoms with Gasteiger partial charge in [0.1, 0.15) is 0 Å². The van der Waals surface area contributed by atoms with E-state index in [0.717, 1.165) is 0 Å². The predicted molar refractivity (Wildman–Crippen MR) is 61.9 cm³/mol. The highest BCUT2D eigenvalue weighted by Gasteiger charge is 2.31. The number of nitrogens with zero attached hydrogens (tertiary/aromatic N) is 1. The first-order valence-electron chi connectivity index (χ1n) is 5.45. The molecule has 0 aromatic carbocycles. The first kappa shape index (κ1) is 14.9. The van der Waals surface area contributed by atoms with Gasteiger partial charge in [-0.3, -0.25) is 9.59 Å². The van der Waals surface area contributed by atoms with Crippen molar-refractivity contribution in [2.24, 2.45) is 11.1 Å². The SMILES string of the molecule is CC(C)N(CCC(=O)O)C(=O)C(C)(C)CN. The van der Waals surface area contributed by atoms with E-state index in [0.29, 0.717) is 0 Å². The molecule has 0 bridgehead atoms. The Morgan fingerprint density at radius 2 is 1.88 bits per heavy atom. The van der Waals surface area contributed by atoms with Crippen molar-refractivity contribution in [1.29, 1.82) is 0 Å². The van der Waals surface area contributed by atoms with Gasteiger partial charge in [0.2, 0.25) is 5.91 Å². The van der Waals surface area contributed by atoms with Crippen molar-refractivity contribution in [1.82, 2.24) is 4.90 Å². The van der Waals surface area contributed by atoms with Gasteiger partial charge in [0, 0.05) is 19.1 Å². The summed E-state index contributed by atoms with van der Waals surface area (Å²) >= 11 is 0. The van der Waals surface area contributed by atoms with Gasteiger partial charge in [0.05, 0.1) is 11.8 Å². The smallest absolute Gasteiger partial charge is 0.305 e. The van der Waals surface area contributed by atoms with Crippen LogP contribution in [0.2, 0.25) is 0 Å². The van der Waals surface area contributed by atoms with E-state index in [-0.39, 0.29) is 31.5 Å². The second kappa shape index (κ2) is 5.84. The normalized spacial score (nSPS) is 11.6. The Hall–Kier alpha value is -1.10. The number of carboxylic acids is 1. The van der Waals surface area contributed by atoms with Gasteiger partial charge in [0.25, 0.3) is 0 Å². The minimum atomic E-state index is -0.899. The van der Waals surface area contributed by atoms with Crippen LogP contribution in [-0.4, -0.2) is 41.0 Å². The minimum Gasteiger partial charge on any atom is -0.481 e. The third kappa shape index (κ3) is 4.18. The zero-order chi connectivity index (χ0) is 12.9. The summed E-state index contributed by atoms with van der Waals surface area (Å²) in [7, 11) is 0. The van der Waals surface area contributed by atoms with Crippen molar-refractivity contribution in [3.8, 4) is 0 Å². The van der Waals surface area contributed by atoms with Crippen LogP contribution in [0.1, 0.15) is 34.1 Å². The first-order valence-corrected chi connectivity index (χ1v) is 5.45. The molecular formula is C11H22N2O3. The van der Waals surface area contributed by atoms with Crippen LogP contribution >= 0.6 is 0 Å². The third-order valence-electron chi connectivity index (χ3n) is 2.54. The van der Waals surface area contributed by atoms with Gasteiger partial charge < -0.3 is 15.7 Å². The van der Waals surface area contributed by atoms with Crippen LogP contribution in [0.25, 0.3) is 0 Å². The number of hydrogen-bond donors (Lipinski definition) is 2. The minimum absolute atomic E-state index is 0.0160. The molecule has 5 heteroatoms. The Morgan fingerprint density at radius 1 is 1.38 bits per heavy atom. The largest absolute Gasteiger partial charge is 0.481 e. The van der Waals surface area contributed by atoms with E-state index in [1.807, 2.05) is 13.8 Å². The number of rotatable bonds is 6. The fourth-order valence-electron chi connectivity index (χ4n) is 1.29. The molecule has 0 unspecified atom stereocenters. The summed E-state index contributed by atoms with van der Waals surface area (Å²) in [5.74, 6) is -0.991. The van der Waals surface area contributed by atoms with Gasteiger partial charge in [-0.15, -0.1) is 0 Å². The van der Waals surface area contributed by atoms with Crippen LogP contribution in [0.3, 0.4) is 0 Å². The molecule has 0 aromatic rings. The molecule has 0 saturated heterocycles. The molecule has 0 radical (unpaired) electrons. The second-order valence-corrected chi connectivity index (χ2v) is 4.82. The highest BCUT2D eigenvalue weighted by molar-refractivity contribution is 5.83. The molecule has 0 atom stereocenters. The molecule has 1 amide bonds. The Kier molecular flexibility index (Phi) is 5.44. The van der Waals surface area contributed by atoms with E-state index in [1.165, 1.54) is 0 Å². The fraction of sp³-hybridized carbons (Fsp3) is 0.818. The maximum atomic E-state index is 12.1. The molecule has 0 aliphatic carbocycles. The molecule has 5 nitrogen and oxygen atoms in total. The van der Waals surface area contributed by atoms with E-state index in [4.69, 9.17) is 10.8 Å². The van der Waals surface area contributed by atoms with Crippen LogP contribution < -0.4 is 5.73 Å². The highest BCUT2D eigenvalue weighted by atomic mass is 16.4. The van der Waals surface area contributed by atoms with Gasteiger partial charge in [-0.05, 0) is 27.7 Å². The summed E-state index contributed by atoms with van der Waals surface area (Å²) in [6.07, 6.45) is -0.0371. The van der Waals surface area contributed by atoms with E-state index in [9.17, 15) is 9.59 Å². The molecule has 0 heterocycles. The summed E-state index contributed by atoms with van der Waals surface area (Å²) < 4.78 is 0. The summed E-state index contributed by atoms with van der Waals surface area (Å²) in [6.45, 7) is 7.76. The van der Waals surface area contributed by atoms with Crippen LogP contribution in [0, 0.1) is 5.41 Å². The summed E-state index contributed by atoms with van der Waals surface area (Å²) in [5.41, 5.74) is 4.90. The monoisotopic (exact) mass is 230 g/mol. The number of nitrogens with two attached hydrogens (primary N) is 1. The van der Waals surface area contributed by atoms with Gasteiger partial charge >= 0.3 is 5.97 Å². The molecule has 0 aromatic heterocycles. The maximum Gasteiger partial charge on any atom is 0.305 e. The van der Waals surface area contributed by atoms with Gasteiger partial charge in [-0.2, -0.15) is 0 Å². The Morgan fingerprint density at radius 3 is 2.19 bits per heavy atom.